The molecule has 77 heavy (non-hydrogen) atoms. The Labute approximate surface area is 505 Å². The van der Waals surface area contributed by atoms with Crippen LogP contribution in [0.4, 0.5) is 13.2 Å². The number of likely N-dealkylation sites (N-methyl/N-ethyl adjacent to an activating group) is 3. The Morgan fingerprint density at radius 1 is 0.974 bits per heavy atom. The first-order valence-corrected chi connectivity index (χ1v) is 27.3. The Balaban J connectivity index is 0.00000124. The number of hydrogen-bond acceptors (Lipinski definition) is 11. The number of likely N-dealkylation sites (tertiary alicyclic amines) is 2. The van der Waals surface area contributed by atoms with Gasteiger partial charge in [0.1, 0.15) is 30.0 Å². The van der Waals surface area contributed by atoms with Crippen molar-refractivity contribution in [3.8, 4) is 0 Å². The van der Waals surface area contributed by atoms with E-state index in [0.717, 1.165) is 48.1 Å². The number of benzene rings is 2. The van der Waals surface area contributed by atoms with Crippen molar-refractivity contribution in [2.45, 2.75) is 144 Å². The standard InChI is InChI=1S/C29H34F3N5O2.C14H20O.C13H27N.C5H9O.CH5N.K/c1-19-14-23(36(5)34-10-6-28(19)35(4)18-26(32)27(33-3)9-13-38)17-37-11-7-21(8-12-37)29-24(30)15-22(20(2)39)16-25(29)31;1-6-12-8-7-10(2)13(9-12)14(4,5)11(3)15;1-3-8-13(9-4-2)12-14-10-6-5-7-11-14;1-3-5(2)4-6;1-2;/h6,9-10,13-16,18,21,33H,1,7-8,11-12,17H2,2-5H3;7-9H,6H2,1-5H3;13H,3-12H2,1-2H3;4-5H,1,3H2,2H3;2H2,1H3;/q;;;-1;;+1/b23-14-,26-18+,27-9+,28-6+,34-10-;;;;;. The number of aldehydes is 2. The molecule has 0 saturated carbocycles. The summed E-state index contributed by atoms with van der Waals surface area (Å²) in [7, 11) is 6.51. The van der Waals surface area contributed by atoms with Gasteiger partial charge in [0.15, 0.2) is 11.6 Å². The summed E-state index contributed by atoms with van der Waals surface area (Å²) in [6.07, 6.45) is 21.7. The average Bonchev–Trinajstić information content (AvgIpc) is 3.40. The van der Waals surface area contributed by atoms with Crippen LogP contribution in [0.1, 0.15) is 158 Å². The minimum atomic E-state index is -0.677. The molecule has 15 heteroatoms. The van der Waals surface area contributed by atoms with E-state index in [1.165, 1.54) is 103 Å². The predicted molar refractivity (Wildman–Crippen MR) is 310 cm³/mol. The second kappa shape index (κ2) is 39.5. The Morgan fingerprint density at radius 2 is 1.56 bits per heavy atom. The maximum absolute atomic E-state index is 14.7. The molecule has 2 aromatic rings. The van der Waals surface area contributed by atoms with Crippen molar-refractivity contribution in [1.82, 2.24) is 25.0 Å². The average molecular weight is 1100 g/mol. The number of hydrogen-bond donors (Lipinski definition) is 2. The van der Waals surface area contributed by atoms with E-state index in [1.54, 1.807) is 36.2 Å². The number of ketones is 2. The van der Waals surface area contributed by atoms with E-state index in [-0.39, 0.29) is 97.0 Å². The molecule has 424 valence electrons. The number of aryl methyl sites for hydroxylation is 2. The molecule has 1 atom stereocenters. The zero-order valence-corrected chi connectivity index (χ0v) is 52.8. The van der Waals surface area contributed by atoms with E-state index in [1.807, 2.05) is 33.9 Å². The van der Waals surface area contributed by atoms with Crippen molar-refractivity contribution < 1.29 is 83.7 Å². The van der Waals surface area contributed by atoms with Crippen molar-refractivity contribution in [1.29, 1.82) is 0 Å². The maximum atomic E-state index is 14.7. The van der Waals surface area contributed by atoms with Gasteiger partial charge in [0.05, 0.1) is 11.4 Å². The van der Waals surface area contributed by atoms with Crippen molar-refractivity contribution in [2.75, 3.05) is 67.5 Å². The minimum Gasteiger partial charge on any atom is -0.386 e. The molecule has 0 amide bonds. The first kappa shape index (κ1) is 73.2. The molecule has 3 aliphatic rings. The van der Waals surface area contributed by atoms with Gasteiger partial charge in [0.2, 0.25) is 0 Å². The van der Waals surface area contributed by atoms with Crippen molar-refractivity contribution in [3.63, 3.8) is 0 Å². The number of hydrazone groups is 1. The van der Waals surface area contributed by atoms with Gasteiger partial charge >= 0.3 is 51.4 Å². The van der Waals surface area contributed by atoms with Crippen LogP contribution in [0.2, 0.25) is 0 Å². The monoisotopic (exact) mass is 1100 g/mol. The normalized spacial score (nSPS) is 17.6. The van der Waals surface area contributed by atoms with Crippen LogP contribution in [-0.2, 0) is 26.2 Å². The number of nitrogens with zero attached hydrogens (tertiary/aromatic N) is 5. The first-order valence-electron chi connectivity index (χ1n) is 27.3. The van der Waals surface area contributed by atoms with Crippen LogP contribution >= 0.6 is 0 Å². The van der Waals surface area contributed by atoms with Crippen molar-refractivity contribution in [2.24, 2.45) is 22.7 Å². The molecule has 0 aromatic heterocycles. The van der Waals surface area contributed by atoms with Gasteiger partial charge in [-0.2, -0.15) is 11.5 Å². The molecule has 0 bridgehead atoms. The SMILES string of the molecule is C=C1/C=C(/CN2CCC(c3c(F)cc(C(C)=O)cc3F)CC2)N(C)/N=C\C=C/1N(C)/C=C(F)\C(=C/C=O)NC.CCCC(CCC)CN1CCCCC1.CCc1ccc(C)c(C(C)(C)C(C)=O)c1.CN.[CH2-]CC(C)C=O.[K+]. The molecule has 2 fully saturated rings. The van der Waals surface area contributed by atoms with Gasteiger partial charge in [-0.05, 0) is 177 Å². The number of carbonyl (C=O) groups excluding carboxylic acids is 4. The zero-order chi connectivity index (χ0) is 57.5. The fraction of sp³-hybridized carbons (Fsp3) is 0.548. The number of Topliss-reactive ketones (excluding diaryl/α,β-unsaturated/α-hetero) is 2. The van der Waals surface area contributed by atoms with E-state index < -0.39 is 17.5 Å². The minimum absolute atomic E-state index is 0. The molecular weight excluding hydrogens is 1000 g/mol. The van der Waals surface area contributed by atoms with Gasteiger partial charge in [0.25, 0.3) is 0 Å². The largest absolute Gasteiger partial charge is 1.00 e. The van der Waals surface area contributed by atoms with Crippen LogP contribution in [0.25, 0.3) is 0 Å². The first-order chi connectivity index (χ1) is 36.1. The number of carbonyl (C=O) groups is 4. The summed E-state index contributed by atoms with van der Waals surface area (Å²) in [6.45, 7) is 31.2. The fourth-order valence-corrected chi connectivity index (χ4v) is 9.16. The van der Waals surface area contributed by atoms with Crippen molar-refractivity contribution >= 4 is 30.4 Å². The zero-order valence-electron chi connectivity index (χ0n) is 49.7. The summed E-state index contributed by atoms with van der Waals surface area (Å²) in [5.74, 6) is -1.29. The molecule has 3 aliphatic heterocycles. The molecule has 0 radical (unpaired) electrons. The van der Waals surface area contributed by atoms with Crippen LogP contribution < -0.4 is 62.4 Å². The molecule has 5 rings (SSSR count). The molecule has 0 aliphatic carbocycles. The van der Waals surface area contributed by atoms with Gasteiger partial charge in [-0.1, -0.05) is 71.7 Å². The number of halogens is 3. The molecular formula is C62H95F3KN7O4. The van der Waals surface area contributed by atoms with Crippen LogP contribution in [0.3, 0.4) is 0 Å². The van der Waals surface area contributed by atoms with E-state index in [9.17, 15) is 32.3 Å². The van der Waals surface area contributed by atoms with Crippen LogP contribution in [0.15, 0.2) is 94.9 Å². The second-order valence-electron chi connectivity index (χ2n) is 20.4. The number of rotatable bonds is 20. The molecule has 3 heterocycles. The van der Waals surface area contributed by atoms with E-state index >= 15 is 0 Å². The number of nitrogens with one attached hydrogen (secondary N) is 1. The van der Waals surface area contributed by atoms with Crippen LogP contribution in [0.5, 0.6) is 0 Å². The third-order valence-electron chi connectivity index (χ3n) is 14.2. The van der Waals surface area contributed by atoms with Crippen LogP contribution in [-0.4, -0.2) is 118 Å². The smallest absolute Gasteiger partial charge is 0.386 e. The third kappa shape index (κ3) is 25.5. The quantitative estimate of drug-likeness (QED) is 0.0330. The summed E-state index contributed by atoms with van der Waals surface area (Å²) in [5.41, 5.74) is 10.0. The van der Waals surface area contributed by atoms with Gasteiger partial charge in [-0.15, -0.1) is 0 Å². The summed E-state index contributed by atoms with van der Waals surface area (Å²) in [6, 6.07) is 8.64. The predicted octanol–water partition coefficient (Wildman–Crippen LogP) is 9.38. The van der Waals surface area contributed by atoms with Crippen LogP contribution in [0, 0.1) is 37.3 Å². The fourth-order valence-electron chi connectivity index (χ4n) is 9.16. The molecule has 3 N–H and O–H groups in total. The summed E-state index contributed by atoms with van der Waals surface area (Å²) in [4.78, 5) is 50.0. The molecule has 2 aromatic carbocycles. The van der Waals surface area contributed by atoms with Gasteiger partial charge in [-0.25, -0.2) is 13.2 Å². The second-order valence-corrected chi connectivity index (χ2v) is 20.4. The number of allylic oxidation sites excluding steroid dienone is 4. The molecule has 1 unspecified atom stereocenters. The maximum Gasteiger partial charge on any atom is 1.00 e. The van der Waals surface area contributed by atoms with Gasteiger partial charge < -0.3 is 32.6 Å². The molecule has 11 nitrogen and oxygen atoms in total. The summed E-state index contributed by atoms with van der Waals surface area (Å²) in [5, 5.41) is 8.79. The number of piperidine rings is 2. The molecule has 0 spiro atoms. The Kier molecular flexibility index (Phi) is 37.6. The van der Waals surface area contributed by atoms with Crippen molar-refractivity contribution in [3.05, 3.63) is 136 Å². The van der Waals surface area contributed by atoms with E-state index in [4.69, 9.17) is 0 Å². The Hall–Kier alpha value is -3.80. The Morgan fingerprint density at radius 3 is 2.03 bits per heavy atom. The van der Waals surface area contributed by atoms with Gasteiger partial charge in [-0.3, -0.25) is 24.3 Å². The van der Waals surface area contributed by atoms with E-state index in [2.05, 4.69) is 85.3 Å². The Bertz CT molecular complexity index is 2270. The molecule has 2 saturated heterocycles. The third-order valence-corrected chi connectivity index (χ3v) is 14.2. The topological polar surface area (TPSA) is 132 Å². The van der Waals surface area contributed by atoms with E-state index in [0.29, 0.717) is 56.5 Å². The summed E-state index contributed by atoms with van der Waals surface area (Å²) >= 11 is 0. The van der Waals surface area contributed by atoms with Gasteiger partial charge in [0, 0.05) is 75.0 Å². The summed E-state index contributed by atoms with van der Waals surface area (Å²) < 4.78 is 44.0. The number of nitrogens with two attached hydrogens (primary N) is 1.